The quantitative estimate of drug-likeness (QED) is 0.455. The Morgan fingerprint density at radius 2 is 1.74 bits per heavy atom. The van der Waals surface area contributed by atoms with E-state index in [1.807, 2.05) is 31.2 Å². The van der Waals surface area contributed by atoms with Crippen molar-refractivity contribution in [1.82, 2.24) is 9.73 Å². The van der Waals surface area contributed by atoms with Crippen molar-refractivity contribution < 1.29 is 18.3 Å². The van der Waals surface area contributed by atoms with Crippen molar-refractivity contribution in [3.05, 3.63) is 70.8 Å². The number of phenols is 1. The van der Waals surface area contributed by atoms with E-state index in [0.717, 1.165) is 20.6 Å². The highest BCUT2D eigenvalue weighted by atomic mass is 32.2. The van der Waals surface area contributed by atoms with Crippen molar-refractivity contribution in [2.45, 2.75) is 25.7 Å². The van der Waals surface area contributed by atoms with Crippen molar-refractivity contribution in [2.24, 2.45) is 5.10 Å². The Kier molecular flexibility index (Phi) is 6.42. The molecule has 1 amide bonds. The number of nitrogens with zero attached hydrogens (tertiary/aromatic N) is 2. The lowest BCUT2D eigenvalue weighted by atomic mass is 10.0. The minimum absolute atomic E-state index is 0.0294. The maximum Gasteiger partial charge on any atom is 0.255 e. The van der Waals surface area contributed by atoms with Crippen LogP contribution in [0.5, 0.6) is 5.75 Å². The molecule has 0 spiro atoms. The van der Waals surface area contributed by atoms with Gasteiger partial charge in [-0.05, 0) is 48.7 Å². The Balaban J connectivity index is 1.74. The summed E-state index contributed by atoms with van der Waals surface area (Å²) in [6.45, 7) is 4.98. The number of hydrazone groups is 1. The summed E-state index contributed by atoms with van der Waals surface area (Å²) < 4.78 is 27.0. The van der Waals surface area contributed by atoms with Gasteiger partial charge >= 0.3 is 0 Å². The summed E-state index contributed by atoms with van der Waals surface area (Å²) in [5, 5.41) is 15.7. The smallest absolute Gasteiger partial charge is 0.255 e. The molecule has 0 aliphatic heterocycles. The number of benzene rings is 3. The van der Waals surface area contributed by atoms with Gasteiger partial charge in [0, 0.05) is 12.6 Å². The van der Waals surface area contributed by atoms with Crippen LogP contribution in [0, 0.1) is 20.8 Å². The molecule has 31 heavy (non-hydrogen) atoms. The molecule has 162 valence electrons. The summed E-state index contributed by atoms with van der Waals surface area (Å²) in [6, 6.07) is 14.4. The number of hydrogen-bond acceptors (Lipinski definition) is 5. The highest BCUT2D eigenvalue weighted by Gasteiger charge is 2.26. The number of sulfonamides is 1. The van der Waals surface area contributed by atoms with E-state index in [1.165, 1.54) is 13.3 Å². The molecule has 7 nitrogen and oxygen atoms in total. The molecule has 0 saturated carbocycles. The normalized spacial score (nSPS) is 12.0. The minimum Gasteiger partial charge on any atom is -0.507 e. The molecule has 0 saturated heterocycles. The first-order valence-corrected chi connectivity index (χ1v) is 11.1. The molecule has 0 unspecified atom stereocenters. The lowest BCUT2D eigenvalue weighted by Crippen LogP contribution is -2.37. The number of fused-ring (bicyclic) bond motifs is 1. The molecule has 8 heteroatoms. The number of carbonyl (C=O) groups excluding carboxylic acids is 1. The van der Waals surface area contributed by atoms with Crippen LogP contribution in [0.4, 0.5) is 0 Å². The summed E-state index contributed by atoms with van der Waals surface area (Å²) in [5.41, 5.74) is 5.03. The zero-order valence-electron chi connectivity index (χ0n) is 17.9. The van der Waals surface area contributed by atoms with E-state index in [4.69, 9.17) is 0 Å². The van der Waals surface area contributed by atoms with Crippen LogP contribution >= 0.6 is 0 Å². The summed E-state index contributed by atoms with van der Waals surface area (Å²) in [6.07, 6.45) is 1.35. The molecule has 0 radical (unpaired) electrons. The molecule has 0 aliphatic rings. The highest BCUT2D eigenvalue weighted by molar-refractivity contribution is 7.89. The maximum atomic E-state index is 13.0. The molecule has 0 aliphatic carbocycles. The number of carbonyl (C=O) groups is 1. The first-order chi connectivity index (χ1) is 14.6. The monoisotopic (exact) mass is 439 g/mol. The van der Waals surface area contributed by atoms with Gasteiger partial charge in [0.15, 0.2) is 0 Å². The Labute approximate surface area is 182 Å². The molecular formula is C23H25N3O4S. The standard InChI is InChI=1S/C23H25N3O4S/c1-15-11-16(2)23(17(3)12-15)31(29,30)26(4)14-22(28)25-24-13-20-19-8-6-5-7-18(19)9-10-21(20)27/h5-13,27H,14H2,1-4H3,(H,25,28)/b24-13-. The summed E-state index contributed by atoms with van der Waals surface area (Å²) in [5.74, 6) is -0.564. The molecule has 0 bridgehead atoms. The summed E-state index contributed by atoms with van der Waals surface area (Å²) in [7, 11) is -2.49. The van der Waals surface area contributed by atoms with E-state index >= 15 is 0 Å². The van der Waals surface area contributed by atoms with Crippen LogP contribution in [-0.2, 0) is 14.8 Å². The van der Waals surface area contributed by atoms with Gasteiger partial charge in [0.1, 0.15) is 5.75 Å². The third-order valence-corrected chi connectivity index (χ3v) is 7.08. The first-order valence-electron chi connectivity index (χ1n) is 9.68. The highest BCUT2D eigenvalue weighted by Crippen LogP contribution is 2.26. The average molecular weight is 440 g/mol. The lowest BCUT2D eigenvalue weighted by Gasteiger charge is -2.19. The summed E-state index contributed by atoms with van der Waals surface area (Å²) in [4.78, 5) is 12.5. The molecule has 0 heterocycles. The van der Waals surface area contributed by atoms with Gasteiger partial charge < -0.3 is 5.11 Å². The van der Waals surface area contributed by atoms with Crippen LogP contribution in [0.25, 0.3) is 10.8 Å². The number of nitrogens with one attached hydrogen (secondary N) is 1. The molecule has 0 atom stereocenters. The second kappa shape index (κ2) is 8.87. The van der Waals surface area contributed by atoms with Gasteiger partial charge in [0.2, 0.25) is 10.0 Å². The van der Waals surface area contributed by atoms with E-state index < -0.39 is 22.5 Å². The summed E-state index contributed by atoms with van der Waals surface area (Å²) >= 11 is 0. The molecule has 3 rings (SSSR count). The topological polar surface area (TPSA) is 99.1 Å². The van der Waals surface area contributed by atoms with Gasteiger partial charge in [0.25, 0.3) is 5.91 Å². The molecule has 2 N–H and O–H groups in total. The zero-order valence-corrected chi connectivity index (χ0v) is 18.7. The zero-order chi connectivity index (χ0) is 22.8. The number of likely N-dealkylation sites (N-methyl/N-ethyl adjacent to an activating group) is 1. The van der Waals surface area contributed by atoms with Crippen molar-refractivity contribution >= 4 is 32.9 Å². The Bertz CT molecular complexity index is 1260. The van der Waals surface area contributed by atoms with Gasteiger partial charge in [-0.15, -0.1) is 0 Å². The van der Waals surface area contributed by atoms with Crippen LogP contribution < -0.4 is 5.43 Å². The van der Waals surface area contributed by atoms with E-state index in [9.17, 15) is 18.3 Å². The van der Waals surface area contributed by atoms with Crippen molar-refractivity contribution in [3.63, 3.8) is 0 Å². The van der Waals surface area contributed by atoms with Crippen molar-refractivity contribution in [2.75, 3.05) is 13.6 Å². The SMILES string of the molecule is Cc1cc(C)c(S(=O)(=O)N(C)CC(=O)N/N=C\c2c(O)ccc3ccccc23)c(C)c1. The van der Waals surface area contributed by atoms with Gasteiger partial charge in [-0.1, -0.05) is 48.0 Å². The van der Waals surface area contributed by atoms with E-state index in [2.05, 4.69) is 10.5 Å². The number of hydrogen-bond donors (Lipinski definition) is 2. The fourth-order valence-electron chi connectivity index (χ4n) is 3.64. The third-order valence-electron chi connectivity index (χ3n) is 4.97. The predicted molar refractivity (Wildman–Crippen MR) is 122 cm³/mol. The van der Waals surface area contributed by atoms with Gasteiger partial charge in [0.05, 0.1) is 17.7 Å². The Morgan fingerprint density at radius 1 is 1.10 bits per heavy atom. The van der Waals surface area contributed by atoms with Crippen LogP contribution in [0.3, 0.4) is 0 Å². The molecule has 3 aromatic carbocycles. The number of aromatic hydroxyl groups is 1. The second-order valence-electron chi connectivity index (χ2n) is 7.50. The van der Waals surface area contributed by atoms with Gasteiger partial charge in [-0.3, -0.25) is 4.79 Å². The van der Waals surface area contributed by atoms with E-state index in [-0.39, 0.29) is 10.6 Å². The van der Waals surface area contributed by atoms with Crippen LogP contribution in [0.1, 0.15) is 22.3 Å². The molecular weight excluding hydrogens is 414 g/mol. The first kappa shape index (κ1) is 22.5. The minimum atomic E-state index is -3.84. The van der Waals surface area contributed by atoms with E-state index in [0.29, 0.717) is 16.7 Å². The number of phenolic OH excluding ortho intramolecular Hbond substituents is 1. The second-order valence-corrected chi connectivity index (χ2v) is 9.48. The molecule has 0 aromatic heterocycles. The van der Waals surface area contributed by atoms with Gasteiger partial charge in [-0.25, -0.2) is 13.8 Å². The lowest BCUT2D eigenvalue weighted by molar-refractivity contribution is -0.121. The van der Waals surface area contributed by atoms with Crippen LogP contribution in [0.2, 0.25) is 0 Å². The van der Waals surface area contributed by atoms with Crippen LogP contribution in [-0.4, -0.2) is 43.5 Å². The van der Waals surface area contributed by atoms with Crippen LogP contribution in [0.15, 0.2) is 58.5 Å². The Hall–Kier alpha value is -3.23. The molecule has 0 fully saturated rings. The van der Waals surface area contributed by atoms with Crippen molar-refractivity contribution in [3.8, 4) is 5.75 Å². The number of aryl methyl sites for hydroxylation is 3. The fourth-order valence-corrected chi connectivity index (χ4v) is 5.17. The number of amides is 1. The average Bonchev–Trinajstić information content (AvgIpc) is 2.68. The van der Waals surface area contributed by atoms with Gasteiger partial charge in [-0.2, -0.15) is 9.41 Å². The maximum absolute atomic E-state index is 13.0. The van der Waals surface area contributed by atoms with Crippen molar-refractivity contribution in [1.29, 1.82) is 0 Å². The molecule has 3 aromatic rings. The fraction of sp³-hybridized carbons (Fsp3) is 0.217. The largest absolute Gasteiger partial charge is 0.507 e. The number of rotatable bonds is 6. The third kappa shape index (κ3) is 4.76. The predicted octanol–water partition coefficient (Wildman–Crippen LogP) is 3.24. The Morgan fingerprint density at radius 3 is 2.42 bits per heavy atom. The van der Waals surface area contributed by atoms with E-state index in [1.54, 1.807) is 38.1 Å².